The highest BCUT2D eigenvalue weighted by Gasteiger charge is 2.12. The van der Waals surface area contributed by atoms with E-state index in [0.29, 0.717) is 15.8 Å². The number of carbonyl (C=O) groups excluding carboxylic acids is 1. The van der Waals surface area contributed by atoms with Crippen molar-refractivity contribution in [1.82, 2.24) is 0 Å². The Labute approximate surface area is 131 Å². The van der Waals surface area contributed by atoms with Crippen LogP contribution in [0.15, 0.2) is 46.9 Å². The highest BCUT2D eigenvalue weighted by atomic mass is 79.9. The Hall–Kier alpha value is -1.88. The van der Waals surface area contributed by atoms with Crippen LogP contribution in [0.3, 0.4) is 0 Å². The van der Waals surface area contributed by atoms with Crippen LogP contribution in [0.2, 0.25) is 0 Å². The van der Waals surface area contributed by atoms with Crippen molar-refractivity contribution in [2.75, 3.05) is 5.32 Å². The van der Waals surface area contributed by atoms with Gasteiger partial charge in [-0.15, -0.1) is 0 Å². The Morgan fingerprint density at radius 2 is 1.95 bits per heavy atom. The molecule has 1 amide bonds. The number of hydrogen-bond donors (Lipinski definition) is 1. The van der Waals surface area contributed by atoms with E-state index < -0.39 is 5.82 Å². The van der Waals surface area contributed by atoms with Gasteiger partial charge in [-0.2, -0.15) is 0 Å². The van der Waals surface area contributed by atoms with Crippen molar-refractivity contribution in [1.29, 1.82) is 0 Å². The lowest BCUT2D eigenvalue weighted by molar-refractivity contribution is 0.102. The van der Waals surface area contributed by atoms with Gasteiger partial charge in [-0.1, -0.05) is 12.1 Å². The quantitative estimate of drug-likeness (QED) is 0.872. The van der Waals surface area contributed by atoms with E-state index in [1.54, 1.807) is 30.3 Å². The van der Waals surface area contributed by atoms with Gasteiger partial charge in [-0.3, -0.25) is 4.79 Å². The molecule has 0 aromatic heterocycles. The van der Waals surface area contributed by atoms with Gasteiger partial charge in [0.1, 0.15) is 11.6 Å². The lowest BCUT2D eigenvalue weighted by Crippen LogP contribution is -2.13. The number of para-hydroxylation sites is 1. The van der Waals surface area contributed by atoms with Crippen molar-refractivity contribution in [3.05, 3.63) is 58.3 Å². The monoisotopic (exact) mass is 351 g/mol. The smallest absolute Gasteiger partial charge is 0.255 e. The number of carbonyl (C=O) groups is 1. The van der Waals surface area contributed by atoms with E-state index in [4.69, 9.17) is 4.74 Å². The zero-order valence-corrected chi connectivity index (χ0v) is 13.3. The molecule has 0 saturated carbocycles. The average molecular weight is 352 g/mol. The summed E-state index contributed by atoms with van der Waals surface area (Å²) in [5.41, 5.74) is 0.572. The van der Waals surface area contributed by atoms with E-state index in [0.717, 1.165) is 0 Å². The Morgan fingerprint density at radius 1 is 1.24 bits per heavy atom. The molecule has 0 heterocycles. The van der Waals surface area contributed by atoms with Gasteiger partial charge in [0.05, 0.1) is 16.3 Å². The Morgan fingerprint density at radius 3 is 2.57 bits per heavy atom. The maximum Gasteiger partial charge on any atom is 0.255 e. The van der Waals surface area contributed by atoms with Crippen LogP contribution in [0.5, 0.6) is 5.75 Å². The maximum atomic E-state index is 13.5. The van der Waals surface area contributed by atoms with Gasteiger partial charge in [0.2, 0.25) is 0 Å². The van der Waals surface area contributed by atoms with Crippen LogP contribution in [-0.4, -0.2) is 12.0 Å². The van der Waals surface area contributed by atoms with Crippen LogP contribution in [0.25, 0.3) is 0 Å². The summed E-state index contributed by atoms with van der Waals surface area (Å²) < 4.78 is 19.8. The van der Waals surface area contributed by atoms with E-state index in [1.165, 1.54) is 12.1 Å². The zero-order chi connectivity index (χ0) is 15.4. The van der Waals surface area contributed by atoms with Crippen LogP contribution < -0.4 is 10.1 Å². The van der Waals surface area contributed by atoms with Gasteiger partial charge in [0.25, 0.3) is 5.91 Å². The number of nitrogens with one attached hydrogen (secondary N) is 1. The molecule has 0 fully saturated rings. The predicted octanol–water partition coefficient (Wildman–Crippen LogP) is 4.63. The molecule has 2 aromatic rings. The molecule has 0 aliphatic heterocycles. The lowest BCUT2D eigenvalue weighted by Gasteiger charge is -2.12. The van der Waals surface area contributed by atoms with Crippen LogP contribution in [0.1, 0.15) is 24.2 Å². The average Bonchev–Trinajstić information content (AvgIpc) is 2.43. The molecule has 0 spiro atoms. The molecule has 1 N–H and O–H groups in total. The number of hydrogen-bond acceptors (Lipinski definition) is 2. The Kier molecular flexibility index (Phi) is 4.96. The summed E-state index contributed by atoms with van der Waals surface area (Å²) >= 11 is 3.36. The third-order valence-corrected chi connectivity index (χ3v) is 3.30. The highest BCUT2D eigenvalue weighted by Crippen LogP contribution is 2.27. The number of halogens is 2. The minimum Gasteiger partial charge on any atom is -0.490 e. The SMILES string of the molecule is CC(C)Oc1ccc(C(=O)Nc2ccccc2F)cc1Br. The minimum atomic E-state index is -0.468. The number of ether oxygens (including phenoxy) is 1. The standard InChI is InChI=1S/C16H15BrFNO2/c1-10(2)21-15-8-7-11(9-12(15)17)16(20)19-14-6-4-3-5-13(14)18/h3-10H,1-2H3,(H,19,20). The summed E-state index contributed by atoms with van der Waals surface area (Å²) in [6, 6.07) is 11.0. The summed E-state index contributed by atoms with van der Waals surface area (Å²) in [6.45, 7) is 3.84. The molecule has 3 nitrogen and oxygen atoms in total. The molecule has 0 atom stereocenters. The van der Waals surface area contributed by atoms with Crippen molar-refractivity contribution in [2.24, 2.45) is 0 Å². The predicted molar refractivity (Wildman–Crippen MR) is 84.3 cm³/mol. The van der Waals surface area contributed by atoms with Gasteiger partial charge < -0.3 is 10.1 Å². The van der Waals surface area contributed by atoms with Gasteiger partial charge in [-0.25, -0.2) is 4.39 Å². The first kappa shape index (κ1) is 15.5. The van der Waals surface area contributed by atoms with Gasteiger partial charge in [-0.05, 0) is 60.1 Å². The van der Waals surface area contributed by atoms with E-state index >= 15 is 0 Å². The van der Waals surface area contributed by atoms with Crippen LogP contribution in [0.4, 0.5) is 10.1 Å². The molecular weight excluding hydrogens is 337 g/mol. The fourth-order valence-corrected chi connectivity index (χ4v) is 2.22. The molecular formula is C16H15BrFNO2. The van der Waals surface area contributed by atoms with Crippen LogP contribution in [0, 0.1) is 5.82 Å². The molecule has 0 bridgehead atoms. The van der Waals surface area contributed by atoms with Crippen LogP contribution >= 0.6 is 15.9 Å². The molecule has 21 heavy (non-hydrogen) atoms. The van der Waals surface area contributed by atoms with E-state index in [1.807, 2.05) is 13.8 Å². The first-order valence-corrected chi connectivity index (χ1v) is 7.28. The maximum absolute atomic E-state index is 13.5. The largest absolute Gasteiger partial charge is 0.490 e. The number of anilines is 1. The summed E-state index contributed by atoms with van der Waals surface area (Å²) in [5.74, 6) is -0.186. The molecule has 0 unspecified atom stereocenters. The second-order valence-electron chi connectivity index (χ2n) is 4.75. The summed E-state index contributed by atoms with van der Waals surface area (Å²) in [6.07, 6.45) is 0.0411. The number of benzene rings is 2. The first-order chi connectivity index (χ1) is 9.97. The molecule has 0 saturated heterocycles. The van der Waals surface area contributed by atoms with Crippen molar-refractivity contribution < 1.29 is 13.9 Å². The van der Waals surface area contributed by atoms with Crippen molar-refractivity contribution in [3.8, 4) is 5.75 Å². The Bertz CT molecular complexity index is 658. The normalized spacial score (nSPS) is 10.5. The summed E-state index contributed by atoms with van der Waals surface area (Å²) in [4.78, 5) is 12.1. The molecule has 2 aromatic carbocycles. The lowest BCUT2D eigenvalue weighted by atomic mass is 10.2. The van der Waals surface area contributed by atoms with Gasteiger partial charge >= 0.3 is 0 Å². The molecule has 2 rings (SSSR count). The van der Waals surface area contributed by atoms with Gasteiger partial charge in [0, 0.05) is 5.56 Å². The highest BCUT2D eigenvalue weighted by molar-refractivity contribution is 9.10. The number of amides is 1. The van der Waals surface area contributed by atoms with Crippen molar-refractivity contribution >= 4 is 27.5 Å². The first-order valence-electron chi connectivity index (χ1n) is 6.49. The zero-order valence-electron chi connectivity index (χ0n) is 11.7. The fourth-order valence-electron chi connectivity index (χ4n) is 1.75. The fraction of sp³-hybridized carbons (Fsp3) is 0.188. The topological polar surface area (TPSA) is 38.3 Å². The van der Waals surface area contributed by atoms with Crippen LogP contribution in [-0.2, 0) is 0 Å². The third-order valence-electron chi connectivity index (χ3n) is 2.68. The van der Waals surface area contributed by atoms with E-state index in [2.05, 4.69) is 21.2 Å². The Balaban J connectivity index is 2.17. The molecule has 0 aliphatic rings. The molecule has 5 heteroatoms. The summed E-state index contributed by atoms with van der Waals surface area (Å²) in [5, 5.41) is 2.54. The molecule has 0 radical (unpaired) electrons. The second kappa shape index (κ2) is 6.72. The van der Waals surface area contributed by atoms with E-state index in [9.17, 15) is 9.18 Å². The summed E-state index contributed by atoms with van der Waals surface area (Å²) in [7, 11) is 0. The minimum absolute atomic E-state index is 0.0411. The molecule has 0 aliphatic carbocycles. The van der Waals surface area contributed by atoms with E-state index in [-0.39, 0.29) is 17.7 Å². The number of rotatable bonds is 4. The molecule has 110 valence electrons. The van der Waals surface area contributed by atoms with Gasteiger partial charge in [0.15, 0.2) is 0 Å². The van der Waals surface area contributed by atoms with Crippen molar-refractivity contribution in [3.63, 3.8) is 0 Å². The third kappa shape index (κ3) is 4.04. The van der Waals surface area contributed by atoms with Crippen molar-refractivity contribution in [2.45, 2.75) is 20.0 Å². The second-order valence-corrected chi connectivity index (χ2v) is 5.60.